The topological polar surface area (TPSA) is 64.2 Å². The molecular formula is C19H19N4O. The highest BCUT2D eigenvalue weighted by Crippen LogP contribution is 2.24. The van der Waals surface area contributed by atoms with Crippen LogP contribution in [0.1, 0.15) is 18.4 Å². The van der Waals surface area contributed by atoms with Gasteiger partial charge in [-0.2, -0.15) is 0 Å². The van der Waals surface area contributed by atoms with Gasteiger partial charge >= 0.3 is 6.03 Å². The van der Waals surface area contributed by atoms with Crippen LogP contribution in [0.15, 0.2) is 42.7 Å². The van der Waals surface area contributed by atoms with Crippen LogP contribution in [0.25, 0.3) is 22.2 Å². The number of hydrogen-bond donors (Lipinski definition) is 1. The SMILES string of the molecule is NC(=O)n1c[c]c2cc(-c3ccc(CN4CCCC4)cc3)cnc21. The van der Waals surface area contributed by atoms with Crippen molar-refractivity contribution in [3.8, 4) is 11.1 Å². The minimum atomic E-state index is -0.548. The molecule has 0 saturated carbocycles. The Kier molecular flexibility index (Phi) is 3.78. The average Bonchev–Trinajstić information content (AvgIpc) is 3.24. The molecule has 24 heavy (non-hydrogen) atoms. The van der Waals surface area contributed by atoms with E-state index in [2.05, 4.69) is 40.2 Å². The largest absolute Gasteiger partial charge is 0.351 e. The summed E-state index contributed by atoms with van der Waals surface area (Å²) in [4.78, 5) is 18.2. The van der Waals surface area contributed by atoms with E-state index >= 15 is 0 Å². The molecule has 0 spiro atoms. The van der Waals surface area contributed by atoms with Gasteiger partial charge in [-0.15, -0.1) is 0 Å². The molecule has 5 heteroatoms. The quantitative estimate of drug-likeness (QED) is 0.807. The van der Waals surface area contributed by atoms with E-state index < -0.39 is 6.03 Å². The zero-order chi connectivity index (χ0) is 16.5. The lowest BCUT2D eigenvalue weighted by Gasteiger charge is -2.14. The molecule has 1 aliphatic heterocycles. The van der Waals surface area contributed by atoms with Crippen LogP contribution in [0.2, 0.25) is 0 Å². The number of fused-ring (bicyclic) bond motifs is 1. The maximum atomic E-state index is 11.3. The van der Waals surface area contributed by atoms with Crippen molar-refractivity contribution in [2.24, 2.45) is 5.73 Å². The maximum absolute atomic E-state index is 11.3. The van der Waals surface area contributed by atoms with E-state index in [0.717, 1.165) is 23.1 Å². The number of nitrogens with zero attached hydrogens (tertiary/aromatic N) is 3. The molecule has 2 aromatic heterocycles. The van der Waals surface area contributed by atoms with E-state index in [0.29, 0.717) is 5.65 Å². The smallest absolute Gasteiger partial charge is 0.324 e. The Hall–Kier alpha value is -2.66. The van der Waals surface area contributed by atoms with Crippen LogP contribution in [-0.2, 0) is 6.54 Å². The first-order valence-electron chi connectivity index (χ1n) is 8.21. The Bertz CT molecular complexity index is 876. The Labute approximate surface area is 140 Å². The number of pyridine rings is 1. The number of likely N-dealkylation sites (tertiary alicyclic amines) is 1. The minimum Gasteiger partial charge on any atom is -0.351 e. The molecule has 1 aromatic carbocycles. The number of aromatic nitrogens is 2. The lowest BCUT2D eigenvalue weighted by atomic mass is 10.0. The van der Waals surface area contributed by atoms with E-state index in [1.54, 1.807) is 6.20 Å². The average molecular weight is 319 g/mol. The van der Waals surface area contributed by atoms with Gasteiger partial charge in [0.2, 0.25) is 0 Å². The van der Waals surface area contributed by atoms with Crippen molar-refractivity contribution in [3.63, 3.8) is 0 Å². The molecule has 1 saturated heterocycles. The van der Waals surface area contributed by atoms with E-state index in [1.165, 1.54) is 42.3 Å². The van der Waals surface area contributed by atoms with Crippen LogP contribution in [0.4, 0.5) is 4.79 Å². The second-order valence-corrected chi connectivity index (χ2v) is 6.26. The number of hydrogen-bond acceptors (Lipinski definition) is 3. The van der Waals surface area contributed by atoms with Gasteiger partial charge in [-0.1, -0.05) is 24.3 Å². The summed E-state index contributed by atoms with van der Waals surface area (Å²) in [6, 6.07) is 13.1. The second kappa shape index (κ2) is 6.09. The van der Waals surface area contributed by atoms with Crippen LogP contribution >= 0.6 is 0 Å². The third-order valence-electron chi connectivity index (χ3n) is 4.57. The second-order valence-electron chi connectivity index (χ2n) is 6.26. The first kappa shape index (κ1) is 14.9. The molecule has 121 valence electrons. The molecule has 2 N–H and O–H groups in total. The Morgan fingerprint density at radius 1 is 1.17 bits per heavy atom. The molecule has 1 fully saturated rings. The van der Waals surface area contributed by atoms with Crippen molar-refractivity contribution in [1.29, 1.82) is 0 Å². The highest BCUT2D eigenvalue weighted by molar-refractivity contribution is 5.90. The van der Waals surface area contributed by atoms with Gasteiger partial charge in [-0.3, -0.25) is 9.47 Å². The molecule has 1 aliphatic rings. The van der Waals surface area contributed by atoms with Crippen molar-refractivity contribution >= 4 is 17.1 Å². The first-order valence-corrected chi connectivity index (χ1v) is 8.21. The van der Waals surface area contributed by atoms with Gasteiger partial charge in [0.05, 0.1) is 0 Å². The summed E-state index contributed by atoms with van der Waals surface area (Å²) in [7, 11) is 0. The molecule has 0 aliphatic carbocycles. The molecule has 0 bridgehead atoms. The predicted octanol–water partition coefficient (Wildman–Crippen LogP) is 3.03. The van der Waals surface area contributed by atoms with Gasteiger partial charge in [-0.05, 0) is 43.1 Å². The lowest BCUT2D eigenvalue weighted by molar-refractivity contribution is 0.251. The van der Waals surface area contributed by atoms with Crippen LogP contribution in [0.5, 0.6) is 0 Å². The van der Waals surface area contributed by atoms with Crippen molar-refractivity contribution in [1.82, 2.24) is 14.5 Å². The monoisotopic (exact) mass is 319 g/mol. The number of primary amides is 1. The van der Waals surface area contributed by atoms with Gasteiger partial charge in [0, 0.05) is 36.0 Å². The van der Waals surface area contributed by atoms with E-state index in [4.69, 9.17) is 5.73 Å². The molecule has 0 atom stereocenters. The normalized spacial score (nSPS) is 15.2. The van der Waals surface area contributed by atoms with Crippen molar-refractivity contribution < 1.29 is 4.79 Å². The zero-order valence-corrected chi connectivity index (χ0v) is 13.4. The molecule has 1 radical (unpaired) electrons. The van der Waals surface area contributed by atoms with E-state index in [-0.39, 0.29) is 0 Å². The maximum Gasteiger partial charge on any atom is 0.324 e. The third-order valence-corrected chi connectivity index (χ3v) is 4.57. The number of benzene rings is 1. The fraction of sp³-hybridized carbons (Fsp3) is 0.263. The van der Waals surface area contributed by atoms with Crippen LogP contribution in [0, 0.1) is 6.07 Å². The van der Waals surface area contributed by atoms with Crippen molar-refractivity contribution in [3.05, 3.63) is 54.4 Å². The lowest BCUT2D eigenvalue weighted by Crippen LogP contribution is -2.18. The Balaban J connectivity index is 1.58. The van der Waals surface area contributed by atoms with Crippen LogP contribution < -0.4 is 5.73 Å². The van der Waals surface area contributed by atoms with E-state index in [1.807, 2.05) is 6.07 Å². The van der Waals surface area contributed by atoms with Gasteiger partial charge < -0.3 is 5.73 Å². The highest BCUT2D eigenvalue weighted by Gasteiger charge is 2.12. The molecular weight excluding hydrogens is 300 g/mol. The summed E-state index contributed by atoms with van der Waals surface area (Å²) < 4.78 is 1.30. The fourth-order valence-corrected chi connectivity index (χ4v) is 3.28. The predicted molar refractivity (Wildman–Crippen MR) is 93.5 cm³/mol. The third kappa shape index (κ3) is 2.78. The Morgan fingerprint density at radius 3 is 2.62 bits per heavy atom. The molecule has 3 aromatic rings. The van der Waals surface area contributed by atoms with Crippen molar-refractivity contribution in [2.45, 2.75) is 19.4 Å². The first-order chi connectivity index (χ1) is 11.7. The molecule has 1 amide bonds. The van der Waals surface area contributed by atoms with Crippen molar-refractivity contribution in [2.75, 3.05) is 13.1 Å². The van der Waals surface area contributed by atoms with Gasteiger partial charge in [0.25, 0.3) is 0 Å². The van der Waals surface area contributed by atoms with Crippen LogP contribution in [-0.4, -0.2) is 33.6 Å². The number of carbonyl (C=O) groups excluding carboxylic acids is 1. The van der Waals surface area contributed by atoms with Gasteiger partial charge in [0.1, 0.15) is 5.65 Å². The Morgan fingerprint density at radius 2 is 1.92 bits per heavy atom. The van der Waals surface area contributed by atoms with Gasteiger partial charge in [-0.25, -0.2) is 9.78 Å². The summed E-state index contributed by atoms with van der Waals surface area (Å²) in [6.45, 7) is 3.43. The molecule has 4 rings (SSSR count). The summed E-state index contributed by atoms with van der Waals surface area (Å²) in [5.74, 6) is 0. The molecule has 0 unspecified atom stereocenters. The summed E-state index contributed by atoms with van der Waals surface area (Å²) in [5, 5.41) is 0.785. The van der Waals surface area contributed by atoms with Gasteiger partial charge in [0.15, 0.2) is 0 Å². The number of carbonyl (C=O) groups is 1. The molecule has 3 heterocycles. The number of nitrogens with two attached hydrogens (primary N) is 1. The van der Waals surface area contributed by atoms with E-state index in [9.17, 15) is 4.79 Å². The standard InChI is InChI=1S/C19H19N4O/c20-19(24)23-10-7-16-11-17(12-21-18(16)23)15-5-3-14(4-6-15)13-22-8-1-2-9-22/h3-6,10-12H,1-2,8-9,13H2,(H2,20,24). The number of rotatable bonds is 3. The summed E-state index contributed by atoms with van der Waals surface area (Å²) >= 11 is 0. The fourth-order valence-electron chi connectivity index (χ4n) is 3.28. The highest BCUT2D eigenvalue weighted by atomic mass is 16.2. The zero-order valence-electron chi connectivity index (χ0n) is 13.4. The summed E-state index contributed by atoms with van der Waals surface area (Å²) in [5.41, 5.74) is 9.30. The minimum absolute atomic E-state index is 0.539. The molecule has 5 nitrogen and oxygen atoms in total. The summed E-state index contributed by atoms with van der Waals surface area (Å²) in [6.07, 6.45) is 5.92. The van der Waals surface area contributed by atoms with Crippen LogP contribution in [0.3, 0.4) is 0 Å². The number of amides is 1.